The number of aliphatic carboxylic acids is 1. The van der Waals surface area contributed by atoms with Gasteiger partial charge in [0.15, 0.2) is 0 Å². The highest BCUT2D eigenvalue weighted by molar-refractivity contribution is 5.69. The van der Waals surface area contributed by atoms with Crippen molar-refractivity contribution in [1.29, 1.82) is 0 Å². The van der Waals surface area contributed by atoms with Crippen molar-refractivity contribution in [1.82, 2.24) is 4.90 Å². The molecular formula is C12H25NO2. The second-order valence-corrected chi connectivity index (χ2v) is 5.43. The van der Waals surface area contributed by atoms with Crippen molar-refractivity contribution < 1.29 is 9.90 Å². The molecule has 0 aromatic carbocycles. The summed E-state index contributed by atoms with van der Waals surface area (Å²) >= 11 is 0. The van der Waals surface area contributed by atoms with Crippen molar-refractivity contribution in [2.24, 2.45) is 5.41 Å². The Morgan fingerprint density at radius 3 is 2.27 bits per heavy atom. The van der Waals surface area contributed by atoms with E-state index in [9.17, 15) is 4.79 Å². The van der Waals surface area contributed by atoms with Crippen LogP contribution in [0.25, 0.3) is 0 Å². The van der Waals surface area contributed by atoms with E-state index >= 15 is 0 Å². The van der Waals surface area contributed by atoms with E-state index < -0.39 is 5.97 Å². The lowest BCUT2D eigenvalue weighted by atomic mass is 9.92. The number of carboxylic acid groups (broad SMARTS) is 1. The van der Waals surface area contributed by atoms with Crippen molar-refractivity contribution in [3.05, 3.63) is 0 Å². The van der Waals surface area contributed by atoms with Crippen LogP contribution in [0.1, 0.15) is 47.5 Å². The Morgan fingerprint density at radius 1 is 1.40 bits per heavy atom. The summed E-state index contributed by atoms with van der Waals surface area (Å²) in [5.41, 5.74) is 0.268. The van der Waals surface area contributed by atoms with Gasteiger partial charge in [-0.05, 0) is 31.7 Å². The van der Waals surface area contributed by atoms with Crippen LogP contribution in [0.2, 0.25) is 0 Å². The highest BCUT2D eigenvalue weighted by atomic mass is 16.4. The van der Waals surface area contributed by atoms with Gasteiger partial charge in [-0.15, -0.1) is 0 Å². The summed E-state index contributed by atoms with van der Waals surface area (Å²) in [5.74, 6) is -0.732. The molecule has 3 nitrogen and oxygen atoms in total. The summed E-state index contributed by atoms with van der Waals surface area (Å²) in [5, 5.41) is 8.82. The second kappa shape index (κ2) is 6.11. The van der Waals surface area contributed by atoms with Crippen molar-refractivity contribution >= 4 is 5.97 Å². The lowest BCUT2D eigenvalue weighted by Crippen LogP contribution is -2.38. The second-order valence-electron chi connectivity index (χ2n) is 5.43. The van der Waals surface area contributed by atoms with Gasteiger partial charge in [0.1, 0.15) is 0 Å². The van der Waals surface area contributed by atoms with Crippen LogP contribution in [0.15, 0.2) is 0 Å². The van der Waals surface area contributed by atoms with E-state index in [0.717, 1.165) is 19.4 Å². The van der Waals surface area contributed by atoms with E-state index in [1.54, 1.807) is 0 Å². The Morgan fingerprint density at radius 2 is 1.93 bits per heavy atom. The molecule has 0 bridgehead atoms. The highest BCUT2D eigenvalue weighted by Crippen LogP contribution is 2.19. The van der Waals surface area contributed by atoms with Crippen molar-refractivity contribution in [2.45, 2.75) is 53.5 Å². The third kappa shape index (κ3) is 7.37. The lowest BCUT2D eigenvalue weighted by molar-refractivity contribution is -0.139. The summed E-state index contributed by atoms with van der Waals surface area (Å²) in [4.78, 5) is 12.8. The molecule has 0 heterocycles. The van der Waals surface area contributed by atoms with Gasteiger partial charge in [-0.25, -0.2) is 0 Å². The Kier molecular flexibility index (Phi) is 5.88. The number of hydrogen-bond donors (Lipinski definition) is 1. The van der Waals surface area contributed by atoms with Gasteiger partial charge in [-0.2, -0.15) is 0 Å². The molecule has 15 heavy (non-hydrogen) atoms. The van der Waals surface area contributed by atoms with Crippen LogP contribution in [-0.2, 0) is 4.79 Å². The van der Waals surface area contributed by atoms with Crippen LogP contribution in [0.5, 0.6) is 0 Å². The number of rotatable bonds is 6. The summed E-state index contributed by atoms with van der Waals surface area (Å²) in [6.45, 7) is 11.8. The van der Waals surface area contributed by atoms with Gasteiger partial charge in [0.2, 0.25) is 0 Å². The molecule has 0 saturated carbocycles. The van der Waals surface area contributed by atoms with E-state index in [1.165, 1.54) is 0 Å². The van der Waals surface area contributed by atoms with Crippen LogP contribution >= 0.6 is 0 Å². The molecule has 1 unspecified atom stereocenters. The zero-order valence-electron chi connectivity index (χ0n) is 10.7. The fourth-order valence-corrected chi connectivity index (χ4v) is 1.37. The van der Waals surface area contributed by atoms with Crippen LogP contribution in [0.3, 0.4) is 0 Å². The maximum atomic E-state index is 10.7. The van der Waals surface area contributed by atoms with Crippen LogP contribution in [0, 0.1) is 5.41 Å². The van der Waals surface area contributed by atoms with E-state index in [0.29, 0.717) is 6.04 Å². The molecule has 0 aromatic heterocycles. The molecule has 1 atom stereocenters. The molecule has 0 radical (unpaired) electrons. The average molecular weight is 215 g/mol. The molecule has 1 N–H and O–H groups in total. The topological polar surface area (TPSA) is 40.5 Å². The van der Waals surface area contributed by atoms with Gasteiger partial charge in [0.25, 0.3) is 0 Å². The first-order valence-corrected chi connectivity index (χ1v) is 5.72. The lowest BCUT2D eigenvalue weighted by Gasteiger charge is -2.29. The van der Waals surface area contributed by atoms with Gasteiger partial charge < -0.3 is 5.11 Å². The van der Waals surface area contributed by atoms with Gasteiger partial charge in [-0.3, -0.25) is 9.69 Å². The molecule has 0 amide bonds. The molecule has 0 rings (SSSR count). The van der Waals surface area contributed by atoms with Gasteiger partial charge in [0.05, 0.1) is 6.54 Å². The third-order valence-electron chi connectivity index (χ3n) is 2.70. The maximum absolute atomic E-state index is 10.7. The van der Waals surface area contributed by atoms with Crippen LogP contribution < -0.4 is 0 Å². The van der Waals surface area contributed by atoms with Crippen LogP contribution in [0.4, 0.5) is 0 Å². The number of nitrogens with zero attached hydrogens (tertiary/aromatic N) is 1. The number of hydrogen-bond acceptors (Lipinski definition) is 2. The minimum absolute atomic E-state index is 0.158. The number of carboxylic acids is 1. The molecule has 3 heteroatoms. The summed E-state index contributed by atoms with van der Waals surface area (Å²) < 4.78 is 0. The molecule has 0 aromatic rings. The molecule has 0 aliphatic heterocycles. The molecule has 90 valence electrons. The smallest absolute Gasteiger partial charge is 0.317 e. The maximum Gasteiger partial charge on any atom is 0.317 e. The molecule has 0 saturated heterocycles. The third-order valence-corrected chi connectivity index (χ3v) is 2.70. The normalized spacial score (nSPS) is 14.3. The summed E-state index contributed by atoms with van der Waals surface area (Å²) in [7, 11) is 0. The summed E-state index contributed by atoms with van der Waals surface area (Å²) in [6.07, 6.45) is 2.03. The van der Waals surface area contributed by atoms with Crippen molar-refractivity contribution in [2.75, 3.05) is 13.1 Å². The first-order chi connectivity index (χ1) is 6.76. The highest BCUT2D eigenvalue weighted by Gasteiger charge is 2.18. The van der Waals surface area contributed by atoms with E-state index in [-0.39, 0.29) is 12.0 Å². The SMILES string of the molecule is CCC(C)N(CCC(C)(C)C)CC(=O)O. The standard InChI is InChI=1S/C12H25NO2/c1-6-10(2)13(9-11(14)15)8-7-12(3,4)5/h10H,6-9H2,1-5H3,(H,14,15). The minimum atomic E-state index is -0.732. The quantitative estimate of drug-likeness (QED) is 0.740. The predicted octanol–water partition coefficient (Wildman–Crippen LogP) is 2.61. The van der Waals surface area contributed by atoms with Gasteiger partial charge in [0, 0.05) is 6.04 Å². The zero-order valence-corrected chi connectivity index (χ0v) is 10.7. The molecule has 0 spiro atoms. The molecular weight excluding hydrogens is 190 g/mol. The molecule has 0 aliphatic rings. The van der Waals surface area contributed by atoms with E-state index in [1.807, 2.05) is 4.90 Å². The Balaban J connectivity index is 4.19. The first-order valence-electron chi connectivity index (χ1n) is 5.72. The zero-order chi connectivity index (χ0) is 12.1. The average Bonchev–Trinajstić information content (AvgIpc) is 2.09. The fourth-order valence-electron chi connectivity index (χ4n) is 1.37. The van der Waals surface area contributed by atoms with Gasteiger partial charge >= 0.3 is 5.97 Å². The van der Waals surface area contributed by atoms with Crippen molar-refractivity contribution in [3.63, 3.8) is 0 Å². The van der Waals surface area contributed by atoms with Gasteiger partial charge in [-0.1, -0.05) is 27.7 Å². The fraction of sp³-hybridized carbons (Fsp3) is 0.917. The number of carbonyl (C=O) groups is 1. The Bertz CT molecular complexity index is 196. The predicted molar refractivity (Wildman–Crippen MR) is 63.0 cm³/mol. The summed E-state index contributed by atoms with van der Waals surface area (Å²) in [6, 6.07) is 0.350. The van der Waals surface area contributed by atoms with Crippen molar-refractivity contribution in [3.8, 4) is 0 Å². The van der Waals surface area contributed by atoms with Crippen LogP contribution in [-0.4, -0.2) is 35.1 Å². The molecule has 0 aliphatic carbocycles. The molecule has 0 fully saturated rings. The largest absolute Gasteiger partial charge is 0.480 e. The minimum Gasteiger partial charge on any atom is -0.480 e. The van der Waals surface area contributed by atoms with E-state index in [4.69, 9.17) is 5.11 Å². The Hall–Kier alpha value is -0.570. The Labute approximate surface area is 93.5 Å². The van der Waals surface area contributed by atoms with E-state index in [2.05, 4.69) is 34.6 Å². The first kappa shape index (κ1) is 14.4. The monoisotopic (exact) mass is 215 g/mol.